The monoisotopic (exact) mass is 2190 g/mol. The van der Waals surface area contributed by atoms with Gasteiger partial charge in [0.25, 0.3) is 33.8 Å². The number of hydrogen-bond donors (Lipinski definition) is 13. The molecule has 4 aliphatic carbocycles. The Morgan fingerprint density at radius 2 is 0.773 bits per heavy atom. The molecule has 4 fully saturated rings. The van der Waals surface area contributed by atoms with Gasteiger partial charge in [0.15, 0.2) is 51.9 Å². The number of carbonyl (C=O) groups excluding carboxylic acids is 9. The maximum Gasteiger partial charge on any atom is 0.376 e. The Bertz CT molecular complexity index is 6380. The van der Waals surface area contributed by atoms with Gasteiger partial charge in [-0.3, -0.25) is 87.2 Å². The number of pyridine rings is 6. The number of ether oxygens (including phenoxy) is 2. The first-order chi connectivity index (χ1) is 71.4. The fourth-order valence-electron chi connectivity index (χ4n) is 15.1. The molecule has 0 spiro atoms. The van der Waals surface area contributed by atoms with Crippen LogP contribution in [0, 0.1) is 17.8 Å². The van der Waals surface area contributed by atoms with E-state index in [1.807, 2.05) is 70.2 Å². The second-order valence-corrected chi connectivity index (χ2v) is 40.4. The number of Topliss-reactive ketones (excluding diaryl/α,β-unsaturated/α-hetero) is 2. The van der Waals surface area contributed by atoms with Crippen molar-refractivity contribution in [1.29, 1.82) is 0 Å². The van der Waals surface area contributed by atoms with Crippen LogP contribution in [-0.2, 0) is 63.6 Å². The number of H-pyrrole nitrogens is 4. The van der Waals surface area contributed by atoms with Crippen molar-refractivity contribution in [2.45, 2.75) is 247 Å². The summed E-state index contributed by atoms with van der Waals surface area (Å²) in [7, 11) is 0. The number of ketones is 2. The van der Waals surface area contributed by atoms with Gasteiger partial charge in [0.05, 0.1) is 49.1 Å². The SMILES string of the molecule is CCC(N)c1nnc(-c2ccccn2)[nH]c1=O.CCC(NC(=O)C1CCCC1)c1nnc(-c2ccccn2)[nH]c1=O.CCC(NC(C)=O)c1nnc(-c2ccccn2)[nH]c1=O.CCOC(=O)C(=O)C(CC)NC(=O)C1CCCC1.CCOC(=O)C(=O)C(CC)NC(C)=O.CCc1nc(C2CCCC2)n2nc(-c3ccccn3)[nH]c(=O)c12.Cl.NN=C(N)c1ccccn1.NN=C(N)c1ccccn1.O=C(Cl)C1CCCC1.O=P(Cl)(Cl)Cl. The van der Waals surface area contributed by atoms with Crippen molar-refractivity contribution in [1.82, 2.24) is 116 Å². The van der Waals surface area contributed by atoms with Crippen molar-refractivity contribution >= 4 is 132 Å². The Hall–Kier alpha value is -14.3. The zero-order valence-electron chi connectivity index (χ0n) is 84.9. The predicted molar refractivity (Wildman–Crippen MR) is 571 cm³/mol. The van der Waals surface area contributed by atoms with Crippen LogP contribution >= 0.6 is 62.9 Å². The molecule has 5 unspecified atom stereocenters. The molecule has 15 rings (SSSR count). The Labute approximate surface area is 891 Å². The molecule has 5 atom stereocenters. The summed E-state index contributed by atoms with van der Waals surface area (Å²) < 4.78 is 20.5. The first kappa shape index (κ1) is 126. The lowest BCUT2D eigenvalue weighted by Crippen LogP contribution is -2.45. The van der Waals surface area contributed by atoms with Crippen LogP contribution in [0.3, 0.4) is 0 Å². The van der Waals surface area contributed by atoms with Gasteiger partial charge in [0, 0.05) is 74.7 Å². The van der Waals surface area contributed by atoms with E-state index in [-0.39, 0.29) is 129 Å². The molecule has 11 aromatic heterocycles. The lowest BCUT2D eigenvalue weighted by Gasteiger charge is -2.18. The largest absolute Gasteiger partial charge is 0.460 e. The molecular weight excluding hydrogens is 2060 g/mol. The molecule has 0 saturated heterocycles. The van der Waals surface area contributed by atoms with Crippen LogP contribution in [0.5, 0.6) is 0 Å². The minimum absolute atomic E-state index is 0. The smallest absolute Gasteiger partial charge is 0.376 e. The first-order valence-corrected chi connectivity index (χ1v) is 53.4. The lowest BCUT2D eigenvalue weighted by atomic mass is 10.0. The third kappa shape index (κ3) is 42.7. The molecular formula is C98H130Cl5N30O16P. The highest BCUT2D eigenvalue weighted by Gasteiger charge is 2.33. The zero-order chi connectivity index (χ0) is 109. The fourth-order valence-corrected chi connectivity index (χ4v) is 15.3. The number of aromatic nitrogens is 19. The van der Waals surface area contributed by atoms with Crippen molar-refractivity contribution in [2.75, 3.05) is 13.2 Å². The van der Waals surface area contributed by atoms with E-state index in [0.29, 0.717) is 101 Å². The molecule has 46 nitrogen and oxygen atoms in total. The lowest BCUT2D eigenvalue weighted by molar-refractivity contribution is -0.154. The number of hydrogen-bond acceptors (Lipinski definition) is 35. The number of nitrogens with two attached hydrogens (primary N) is 5. The average molecular weight is 2190 g/mol. The van der Waals surface area contributed by atoms with Crippen molar-refractivity contribution in [2.24, 2.45) is 56.8 Å². The Kier molecular flexibility index (Phi) is 56.9. The van der Waals surface area contributed by atoms with Crippen LogP contribution in [0.25, 0.3) is 51.6 Å². The maximum absolute atomic E-state index is 12.6. The van der Waals surface area contributed by atoms with Crippen molar-refractivity contribution in [3.8, 4) is 46.1 Å². The van der Waals surface area contributed by atoms with E-state index in [9.17, 15) is 66.9 Å². The second-order valence-electron chi connectivity index (χ2n) is 33.4. The Morgan fingerprint density at radius 3 is 1.08 bits per heavy atom. The summed E-state index contributed by atoms with van der Waals surface area (Å²) in [6.45, 7) is 17.4. The second kappa shape index (κ2) is 67.6. The van der Waals surface area contributed by atoms with E-state index in [0.717, 1.165) is 95.0 Å². The summed E-state index contributed by atoms with van der Waals surface area (Å²) in [4.78, 5) is 191. The highest BCUT2D eigenvalue weighted by molar-refractivity contribution is 8.24. The molecule has 4 amide bonds. The molecule has 4 saturated carbocycles. The normalized spacial score (nSPS) is 14.2. The molecule has 0 aliphatic heterocycles. The minimum atomic E-state index is -3.22. The van der Waals surface area contributed by atoms with E-state index in [1.165, 1.54) is 39.5 Å². The van der Waals surface area contributed by atoms with Gasteiger partial charge in [0.1, 0.15) is 45.7 Å². The van der Waals surface area contributed by atoms with Crippen LogP contribution in [-0.4, -0.2) is 184 Å². The van der Waals surface area contributed by atoms with Gasteiger partial charge >= 0.3 is 17.1 Å². The van der Waals surface area contributed by atoms with E-state index in [2.05, 4.69) is 160 Å². The molecule has 11 heterocycles. The number of imidazole rings is 1. The van der Waals surface area contributed by atoms with Gasteiger partial charge in [-0.1, -0.05) is 129 Å². The molecule has 0 aromatic carbocycles. The first-order valence-electron chi connectivity index (χ1n) is 48.6. The highest BCUT2D eigenvalue weighted by atomic mass is 36.0. The van der Waals surface area contributed by atoms with Gasteiger partial charge in [-0.05, 0) is 222 Å². The van der Waals surface area contributed by atoms with Gasteiger partial charge in [-0.2, -0.15) is 10.2 Å². The maximum atomic E-state index is 12.6. The highest BCUT2D eigenvalue weighted by Crippen LogP contribution is 2.61. The summed E-state index contributed by atoms with van der Waals surface area (Å²) in [5.74, 6) is 9.60. The summed E-state index contributed by atoms with van der Waals surface area (Å²) in [6, 6.07) is 29.5. The fraction of sp³-hybridized carbons (Fsp3) is 0.439. The van der Waals surface area contributed by atoms with Crippen molar-refractivity contribution in [3.63, 3.8) is 0 Å². The number of esters is 2. The van der Waals surface area contributed by atoms with E-state index >= 15 is 0 Å². The van der Waals surface area contributed by atoms with Crippen molar-refractivity contribution in [3.05, 3.63) is 228 Å². The van der Waals surface area contributed by atoms with E-state index in [1.54, 1.807) is 136 Å². The van der Waals surface area contributed by atoms with Crippen LogP contribution in [0.2, 0.25) is 0 Å². The van der Waals surface area contributed by atoms with E-state index in [4.69, 9.17) is 45.5 Å². The van der Waals surface area contributed by atoms with Gasteiger partial charge in [0.2, 0.25) is 28.9 Å². The minimum Gasteiger partial charge on any atom is -0.460 e. The summed E-state index contributed by atoms with van der Waals surface area (Å²) in [5.41, 5.74) is 20.9. The predicted octanol–water partition coefficient (Wildman–Crippen LogP) is 11.9. The number of nitrogens with one attached hydrogen (secondary N) is 8. The van der Waals surface area contributed by atoms with Crippen LogP contribution in [0.15, 0.2) is 176 Å². The number of rotatable bonds is 29. The van der Waals surface area contributed by atoms with Gasteiger partial charge in [-0.25, -0.2) is 19.1 Å². The summed E-state index contributed by atoms with van der Waals surface area (Å²) in [5, 5.41) is 42.3. The van der Waals surface area contributed by atoms with E-state index < -0.39 is 52.9 Å². The van der Waals surface area contributed by atoms with Crippen LogP contribution in [0.1, 0.15) is 268 Å². The number of fused-ring (bicyclic) bond motifs is 1. The summed E-state index contributed by atoms with van der Waals surface area (Å²) in [6.07, 6.45) is 30.1. The number of halogens is 5. The Balaban J connectivity index is 0.000000299. The van der Waals surface area contributed by atoms with Gasteiger partial charge in [-0.15, -0.1) is 48.1 Å². The number of hydrazone groups is 2. The van der Waals surface area contributed by atoms with Crippen LogP contribution < -0.4 is 72.4 Å². The number of amides is 4. The molecule has 11 aromatic rings. The number of nitrogens with zero attached hydrogens (tertiary/aromatic N) is 17. The number of aryl methyl sites for hydroxylation is 1. The molecule has 52 heteroatoms. The molecule has 0 radical (unpaired) electrons. The van der Waals surface area contributed by atoms with Crippen LogP contribution in [0.4, 0.5) is 0 Å². The standard InChI is InChI=1S/C17H21N5O2.C17H19N5O.C13H15N5O2.C13H21NO4.C11H13N5O.C9H15NO4.C6H9ClO.2C6H8N4.Cl3OP.ClH/c1-2-12(19-16(23)11-7-3-4-8-11)14-17(24)20-15(22-21-14)13-9-5-6-10-18-13;1-2-12-14-17(23)20-15(13-9-5-6-10-18-13)21-22(14)16(19-12)11-7-3-4-8-11;1-3-9(15-8(2)19)11-13(20)16-12(18-17-11)10-6-4-5-7-14-10;1-3-10(11(15)13(17)18-4-2)14-12(16)9-7-5-6-8-9;1-2-7(12)9-11(17)14-10(16-15-9)8-5-3-4-6-13-8;1-4-7(10-6(3)11)8(12)9(13)14-5-2;7-6(8)5-3-1-2-4-5;2*7-6(10-8)5-3-1-2-4-9-5;1-5(2,3)4;/h5-6,9-12H,2-4,7-8H2,1H3,(H,19,23)(H,20,22,24);5-6,9-11H,2-4,7-8H2,1H3,(H,20,21,23);4-7,9H,3H2,1-2H3,(H,15,19)(H,16,18,20);9-10H,3-8H2,1-2H3,(H,14,16);3-7H,2,12H2,1H3,(H,14,16,17);7H,4-5H2,1-3H3,(H,10,11);5H,1-4H2;2*1-4H,8H2,(H2,7,10);;1H. The number of amidine groups is 2. The van der Waals surface area contributed by atoms with Gasteiger partial charge < -0.3 is 79.6 Å². The summed E-state index contributed by atoms with van der Waals surface area (Å²) >= 11 is 19.1. The molecule has 0 bridgehead atoms. The topological polar surface area (TPSA) is 708 Å². The number of carbonyl (C=O) groups is 9. The number of aromatic amines is 4. The van der Waals surface area contributed by atoms with Crippen molar-refractivity contribution < 1.29 is 57.2 Å². The quantitative estimate of drug-likeness (QED) is 0.00303. The average Bonchev–Trinajstić information content (AvgIpc) is 1.61. The molecule has 808 valence electrons. The Morgan fingerprint density at radius 1 is 0.440 bits per heavy atom. The third-order valence-electron chi connectivity index (χ3n) is 22.8. The molecule has 4 aliphatic rings. The third-order valence-corrected chi connectivity index (χ3v) is 23.1. The molecule has 150 heavy (non-hydrogen) atoms. The molecule has 18 N–H and O–H groups in total. The zero-order valence-corrected chi connectivity index (χ0v) is 89.6.